The van der Waals surface area contributed by atoms with E-state index in [9.17, 15) is 0 Å². The van der Waals surface area contributed by atoms with Gasteiger partial charge in [-0.2, -0.15) is 0 Å². The van der Waals surface area contributed by atoms with Gasteiger partial charge < -0.3 is 37.2 Å². The molecule has 0 atom stereocenters. The van der Waals surface area contributed by atoms with Crippen molar-refractivity contribution in [1.82, 2.24) is 0 Å². The van der Waals surface area contributed by atoms with Crippen LogP contribution in [0, 0.1) is 40.8 Å². The van der Waals surface area contributed by atoms with Gasteiger partial charge >= 0.3 is 83.4 Å². The largest absolute Gasteiger partial charge is 3.00 e. The van der Waals surface area contributed by atoms with E-state index in [1.165, 1.54) is 17.9 Å². The van der Waals surface area contributed by atoms with Crippen LogP contribution in [0.4, 0.5) is 0 Å². The first-order valence-corrected chi connectivity index (χ1v) is 2.41. The molecular weight excluding hydrogens is 306 g/mol. The van der Waals surface area contributed by atoms with E-state index in [4.69, 9.17) is 0 Å². The molecule has 0 aromatic carbocycles. The zero-order valence-corrected chi connectivity index (χ0v) is 11.2. The van der Waals surface area contributed by atoms with Gasteiger partial charge in [0.05, 0.1) is 0 Å². The quantitative estimate of drug-likeness (QED) is 0.444. The fourth-order valence-electron chi connectivity index (χ4n) is 0.354. The van der Waals surface area contributed by atoms with Crippen molar-refractivity contribution in [2.24, 2.45) is 0 Å². The summed E-state index contributed by atoms with van der Waals surface area (Å²) in [6.07, 6.45) is 2.73. The number of unbranched alkanes of at least 4 members (excludes halogenated alkanes) is 1. The fraction of sp³-hybridized carbons (Fsp3) is 1.00. The number of halogens is 3. The zero-order valence-electron chi connectivity index (χ0n) is 5.76. The summed E-state index contributed by atoms with van der Waals surface area (Å²) in [5.74, 6) is 0. The monoisotopic (exact) mass is 311 g/mol. The van der Waals surface area contributed by atoms with Crippen molar-refractivity contribution < 1.29 is 78.1 Å². The summed E-state index contributed by atoms with van der Waals surface area (Å²) in [5.41, 5.74) is 0. The van der Waals surface area contributed by atoms with Crippen molar-refractivity contribution >= 4 is 17.7 Å². The summed E-state index contributed by atoms with van der Waals surface area (Å²) in [6, 6.07) is 0. The van der Waals surface area contributed by atoms with E-state index >= 15 is 0 Å². The molecule has 5 heteroatoms. The molecule has 0 fully saturated rings. The standard InChI is InChI=1S/C4H9.3ClH.Li.Nd/c1-3-4-2;;;;;/h1,3-4H2,2H3;3*1H;;/q;;;;;+3/p-3. The molecule has 0 bridgehead atoms. The van der Waals surface area contributed by atoms with Gasteiger partial charge in [0.1, 0.15) is 0 Å². The van der Waals surface area contributed by atoms with E-state index in [-0.39, 0.29) is 78.1 Å². The van der Waals surface area contributed by atoms with Crippen LogP contribution >= 0.6 is 0 Å². The Bertz CT molecular complexity index is 23.3. The van der Waals surface area contributed by atoms with E-state index < -0.39 is 0 Å². The molecule has 0 aromatic rings. The van der Waals surface area contributed by atoms with Gasteiger partial charge in [-0.15, -0.1) is 0 Å². The SMILES string of the molecule is [Cl-].[Cl-].[Cl-].[Li][CH2]CCC.[Nd+3]. The first-order valence-electron chi connectivity index (χ1n) is 2.41. The van der Waals surface area contributed by atoms with Crippen LogP contribution in [0.2, 0.25) is 5.09 Å². The Morgan fingerprint density at radius 3 is 1.44 bits per heavy atom. The number of hydrogen-bond donors (Lipinski definition) is 0. The van der Waals surface area contributed by atoms with E-state index in [0.717, 1.165) is 0 Å². The van der Waals surface area contributed by atoms with Crippen molar-refractivity contribution in [3.8, 4) is 0 Å². The third-order valence-electron chi connectivity index (χ3n) is 0.707. The maximum absolute atomic E-state index is 2.21. The van der Waals surface area contributed by atoms with Gasteiger partial charge in [-0.1, -0.05) is 0 Å². The van der Waals surface area contributed by atoms with Crippen molar-refractivity contribution in [3.63, 3.8) is 0 Å². The van der Waals surface area contributed by atoms with Gasteiger partial charge in [-0.25, -0.2) is 0 Å². The molecule has 0 aliphatic heterocycles. The average molecular weight is 315 g/mol. The Morgan fingerprint density at radius 2 is 1.44 bits per heavy atom. The minimum absolute atomic E-state index is 0. The molecule has 0 aliphatic carbocycles. The smallest absolute Gasteiger partial charge is 3.00 e. The molecule has 0 saturated heterocycles. The molecule has 0 saturated carbocycles. The van der Waals surface area contributed by atoms with Gasteiger partial charge in [0, 0.05) is 0 Å². The molecule has 0 amide bonds. The second-order valence-electron chi connectivity index (χ2n) is 1.35. The molecule has 9 heavy (non-hydrogen) atoms. The number of hydrogen-bond acceptors (Lipinski definition) is 0. The van der Waals surface area contributed by atoms with Crippen LogP contribution in [0.1, 0.15) is 19.8 Å². The molecule has 0 heterocycles. The van der Waals surface area contributed by atoms with E-state index in [2.05, 4.69) is 24.6 Å². The predicted octanol–water partition coefficient (Wildman–Crippen LogP) is -7.61. The second kappa shape index (κ2) is 30.8. The molecule has 0 nitrogen and oxygen atoms in total. The molecule has 1 radical (unpaired) electrons. The molecule has 0 spiro atoms. The van der Waals surface area contributed by atoms with Crippen molar-refractivity contribution in [2.75, 3.05) is 0 Å². The summed E-state index contributed by atoms with van der Waals surface area (Å²) in [5, 5.41) is 1.34. The Kier molecular flexibility index (Phi) is 102. The normalized spacial score (nSPS) is 4.78. The third-order valence-corrected chi connectivity index (χ3v) is 0.707. The minimum Gasteiger partial charge on any atom is 3.00 e. The van der Waals surface area contributed by atoms with Crippen molar-refractivity contribution in [3.05, 3.63) is 0 Å². The van der Waals surface area contributed by atoms with Gasteiger partial charge in [-0.3, -0.25) is 0 Å². The van der Waals surface area contributed by atoms with Gasteiger partial charge in [0.15, 0.2) is 0 Å². The van der Waals surface area contributed by atoms with Gasteiger partial charge in [0.2, 0.25) is 0 Å². The first-order chi connectivity index (χ1) is 2.41. The Morgan fingerprint density at radius 1 is 1.11 bits per heavy atom. The molecular formula is C4H9Cl3LiNd. The first kappa shape index (κ1) is 29.8. The molecule has 0 N–H and O–H groups in total. The van der Waals surface area contributed by atoms with Crippen LogP contribution in [0.3, 0.4) is 0 Å². The molecule has 0 rings (SSSR count). The second-order valence-corrected chi connectivity index (χ2v) is 1.35. The third kappa shape index (κ3) is 36.2. The van der Waals surface area contributed by atoms with E-state index in [0.29, 0.717) is 0 Å². The summed E-state index contributed by atoms with van der Waals surface area (Å²) in [4.78, 5) is 0. The van der Waals surface area contributed by atoms with Crippen LogP contribution in [-0.4, -0.2) is 17.7 Å². The van der Waals surface area contributed by atoms with Gasteiger partial charge in [-0.05, 0) is 0 Å². The molecule has 0 aliphatic rings. The minimum atomic E-state index is 0. The van der Waals surface area contributed by atoms with Crippen LogP contribution in [0.25, 0.3) is 0 Å². The molecule has 0 unspecified atom stereocenters. The predicted molar refractivity (Wildman–Crippen MR) is 25.5 cm³/mol. The van der Waals surface area contributed by atoms with E-state index in [1.807, 2.05) is 0 Å². The average Bonchev–Trinajstić information content (AvgIpc) is 1.41. The van der Waals surface area contributed by atoms with E-state index in [1.54, 1.807) is 0 Å². The maximum Gasteiger partial charge on any atom is 3.00 e. The van der Waals surface area contributed by atoms with Crippen LogP contribution in [0.15, 0.2) is 0 Å². The summed E-state index contributed by atoms with van der Waals surface area (Å²) >= 11 is 2.21. The van der Waals surface area contributed by atoms with Crippen molar-refractivity contribution in [2.45, 2.75) is 24.9 Å². The summed E-state index contributed by atoms with van der Waals surface area (Å²) in [7, 11) is 0. The topological polar surface area (TPSA) is 0 Å². The molecule has 0 aromatic heterocycles. The maximum atomic E-state index is 2.21. The zero-order chi connectivity index (χ0) is 4.12. The van der Waals surface area contributed by atoms with Crippen LogP contribution in [0.5, 0.6) is 0 Å². The summed E-state index contributed by atoms with van der Waals surface area (Å²) < 4.78 is 0. The van der Waals surface area contributed by atoms with Crippen LogP contribution < -0.4 is 37.2 Å². The Hall–Kier alpha value is 2.82. The Labute approximate surface area is 119 Å². The van der Waals surface area contributed by atoms with Gasteiger partial charge in [0.25, 0.3) is 0 Å². The molecule has 51 valence electrons. The van der Waals surface area contributed by atoms with Crippen LogP contribution in [-0.2, 0) is 0 Å². The Balaban J connectivity index is -0.0000000133. The summed E-state index contributed by atoms with van der Waals surface area (Å²) in [6.45, 7) is 2.21. The van der Waals surface area contributed by atoms with Crippen molar-refractivity contribution in [1.29, 1.82) is 0 Å². The fourth-order valence-corrected chi connectivity index (χ4v) is 0.354. The number of rotatable bonds is 2.